The summed E-state index contributed by atoms with van der Waals surface area (Å²) >= 11 is 0. The predicted octanol–water partition coefficient (Wildman–Crippen LogP) is 2.00. The fourth-order valence-electron chi connectivity index (χ4n) is 4.60. The van der Waals surface area contributed by atoms with Crippen LogP contribution >= 0.6 is 0 Å². The molecule has 0 aromatic carbocycles. The molecule has 0 radical (unpaired) electrons. The molecule has 2 atom stereocenters. The standard InChI is InChI=1S/C23H25N5O3/c1-14-4-5-15(11-24-14)16-6-9-19(25-12-16)26-20(29)13-27-10-2-3-18-21(27)23(31)28(22(18)30)17-7-8-17/h4-6,9,11-12,17-18,21H,2-3,7-8,10,13H2,1H3,(H,25,26,29). The van der Waals surface area contributed by atoms with Gasteiger partial charge in [0, 0.05) is 35.3 Å². The average Bonchev–Trinajstić information content (AvgIpc) is 3.56. The number of nitrogens with one attached hydrogen (secondary N) is 1. The molecule has 8 heteroatoms. The molecule has 8 nitrogen and oxygen atoms in total. The van der Waals surface area contributed by atoms with Crippen LogP contribution in [0.5, 0.6) is 0 Å². The number of anilines is 1. The molecule has 2 unspecified atom stereocenters. The Bertz CT molecular complexity index is 1020. The second-order valence-corrected chi connectivity index (χ2v) is 8.61. The van der Waals surface area contributed by atoms with E-state index in [1.54, 1.807) is 18.5 Å². The minimum absolute atomic E-state index is 0.0505. The van der Waals surface area contributed by atoms with Gasteiger partial charge in [-0.3, -0.25) is 29.2 Å². The van der Waals surface area contributed by atoms with Gasteiger partial charge in [-0.2, -0.15) is 0 Å². The Hall–Kier alpha value is -3.13. The molecular weight excluding hydrogens is 394 g/mol. The zero-order chi connectivity index (χ0) is 21.5. The van der Waals surface area contributed by atoms with Gasteiger partial charge in [-0.1, -0.05) is 6.07 Å². The third kappa shape index (κ3) is 3.83. The van der Waals surface area contributed by atoms with Crippen LogP contribution in [-0.2, 0) is 14.4 Å². The van der Waals surface area contributed by atoms with Crippen molar-refractivity contribution in [2.45, 2.75) is 44.7 Å². The summed E-state index contributed by atoms with van der Waals surface area (Å²) in [6.07, 6.45) is 6.82. The number of rotatable bonds is 5. The van der Waals surface area contributed by atoms with E-state index < -0.39 is 6.04 Å². The first-order valence-corrected chi connectivity index (χ1v) is 10.8. The smallest absolute Gasteiger partial charge is 0.247 e. The summed E-state index contributed by atoms with van der Waals surface area (Å²) in [7, 11) is 0. The van der Waals surface area contributed by atoms with Crippen molar-refractivity contribution in [3.05, 3.63) is 42.4 Å². The summed E-state index contributed by atoms with van der Waals surface area (Å²) < 4.78 is 0. The molecular formula is C23H25N5O3. The van der Waals surface area contributed by atoms with Crippen LogP contribution in [0.25, 0.3) is 11.1 Å². The largest absolute Gasteiger partial charge is 0.310 e. The molecule has 1 saturated carbocycles. The number of imide groups is 1. The van der Waals surface area contributed by atoms with Crippen LogP contribution in [0, 0.1) is 12.8 Å². The number of amides is 3. The van der Waals surface area contributed by atoms with Gasteiger partial charge in [-0.15, -0.1) is 0 Å². The van der Waals surface area contributed by atoms with Crippen LogP contribution in [0.4, 0.5) is 5.82 Å². The first kappa shape index (κ1) is 19.8. The molecule has 2 aromatic heterocycles. The van der Waals surface area contributed by atoms with Crippen molar-refractivity contribution in [1.29, 1.82) is 0 Å². The molecule has 0 bridgehead atoms. The van der Waals surface area contributed by atoms with Crippen LogP contribution in [0.1, 0.15) is 31.4 Å². The molecule has 160 valence electrons. The zero-order valence-corrected chi connectivity index (χ0v) is 17.5. The maximum Gasteiger partial charge on any atom is 0.247 e. The molecule has 3 aliphatic rings. The lowest BCUT2D eigenvalue weighted by atomic mass is 9.91. The van der Waals surface area contributed by atoms with E-state index in [0.29, 0.717) is 18.8 Å². The quantitative estimate of drug-likeness (QED) is 0.745. The zero-order valence-electron chi connectivity index (χ0n) is 17.5. The van der Waals surface area contributed by atoms with Crippen LogP contribution in [0.2, 0.25) is 0 Å². The Labute approximate surface area is 180 Å². The molecule has 2 aromatic rings. The molecule has 3 amide bonds. The van der Waals surface area contributed by atoms with Gasteiger partial charge in [-0.25, -0.2) is 4.98 Å². The molecule has 0 spiro atoms. The lowest BCUT2D eigenvalue weighted by molar-refractivity contribution is -0.140. The summed E-state index contributed by atoms with van der Waals surface area (Å²) in [6, 6.07) is 7.14. The topological polar surface area (TPSA) is 95.5 Å². The van der Waals surface area contributed by atoms with Crippen molar-refractivity contribution in [2.75, 3.05) is 18.4 Å². The molecule has 2 saturated heterocycles. The molecule has 1 N–H and O–H groups in total. The third-order valence-corrected chi connectivity index (χ3v) is 6.31. The summed E-state index contributed by atoms with van der Waals surface area (Å²) in [6.45, 7) is 2.65. The fraction of sp³-hybridized carbons (Fsp3) is 0.435. The number of aryl methyl sites for hydroxylation is 1. The van der Waals surface area contributed by atoms with Crippen LogP contribution in [0.3, 0.4) is 0 Å². The van der Waals surface area contributed by atoms with Gasteiger partial charge in [0.25, 0.3) is 0 Å². The highest BCUT2D eigenvalue weighted by atomic mass is 16.2. The fourth-order valence-corrected chi connectivity index (χ4v) is 4.60. The van der Waals surface area contributed by atoms with Gasteiger partial charge in [0.1, 0.15) is 11.9 Å². The average molecular weight is 419 g/mol. The van der Waals surface area contributed by atoms with E-state index in [-0.39, 0.29) is 36.2 Å². The number of piperidine rings is 1. The van der Waals surface area contributed by atoms with Crippen molar-refractivity contribution in [1.82, 2.24) is 19.8 Å². The summed E-state index contributed by atoms with van der Waals surface area (Å²) in [5.74, 6) is -0.265. The van der Waals surface area contributed by atoms with Gasteiger partial charge in [0.05, 0.1) is 12.5 Å². The number of nitrogens with zero attached hydrogens (tertiary/aromatic N) is 4. The van der Waals surface area contributed by atoms with E-state index in [2.05, 4.69) is 15.3 Å². The van der Waals surface area contributed by atoms with Gasteiger partial charge >= 0.3 is 0 Å². The van der Waals surface area contributed by atoms with Crippen molar-refractivity contribution in [3.8, 4) is 11.1 Å². The monoisotopic (exact) mass is 419 g/mol. The molecule has 2 aliphatic heterocycles. The Balaban J connectivity index is 1.23. The number of carbonyl (C=O) groups excluding carboxylic acids is 3. The highest BCUT2D eigenvalue weighted by Gasteiger charge is 2.55. The van der Waals surface area contributed by atoms with Crippen molar-refractivity contribution < 1.29 is 14.4 Å². The molecule has 5 rings (SSSR count). The molecule has 4 heterocycles. The minimum Gasteiger partial charge on any atom is -0.310 e. The molecule has 3 fully saturated rings. The lowest BCUT2D eigenvalue weighted by Crippen LogP contribution is -2.50. The Morgan fingerprint density at radius 3 is 2.42 bits per heavy atom. The Morgan fingerprint density at radius 2 is 1.77 bits per heavy atom. The first-order chi connectivity index (χ1) is 15.0. The summed E-state index contributed by atoms with van der Waals surface area (Å²) in [5, 5.41) is 2.81. The van der Waals surface area contributed by atoms with Crippen molar-refractivity contribution >= 4 is 23.5 Å². The Morgan fingerprint density at radius 1 is 1.03 bits per heavy atom. The second-order valence-electron chi connectivity index (χ2n) is 8.61. The Kier molecular flexibility index (Phi) is 5.02. The van der Waals surface area contributed by atoms with E-state index in [1.165, 1.54) is 4.90 Å². The highest BCUT2D eigenvalue weighted by Crippen LogP contribution is 2.39. The normalized spacial score (nSPS) is 23.7. The number of aromatic nitrogens is 2. The number of carbonyl (C=O) groups is 3. The lowest BCUT2D eigenvalue weighted by Gasteiger charge is -2.33. The predicted molar refractivity (Wildman–Crippen MR) is 114 cm³/mol. The van der Waals surface area contributed by atoms with E-state index in [1.807, 2.05) is 30.0 Å². The second kappa shape index (κ2) is 7.85. The summed E-state index contributed by atoms with van der Waals surface area (Å²) in [5.41, 5.74) is 2.82. The first-order valence-electron chi connectivity index (χ1n) is 10.8. The van der Waals surface area contributed by atoms with Gasteiger partial charge in [-0.05, 0) is 57.4 Å². The van der Waals surface area contributed by atoms with Gasteiger partial charge in [0.15, 0.2) is 0 Å². The van der Waals surface area contributed by atoms with E-state index in [0.717, 1.165) is 36.1 Å². The van der Waals surface area contributed by atoms with E-state index in [9.17, 15) is 14.4 Å². The SMILES string of the molecule is Cc1ccc(-c2ccc(NC(=O)CN3CCCC4C(=O)N(C5CC5)C(=O)C43)nc2)cn1. The maximum atomic E-state index is 12.9. The van der Waals surface area contributed by atoms with Gasteiger partial charge in [0.2, 0.25) is 17.7 Å². The van der Waals surface area contributed by atoms with Crippen LogP contribution < -0.4 is 5.32 Å². The van der Waals surface area contributed by atoms with Crippen LogP contribution in [0.15, 0.2) is 36.7 Å². The number of hydrogen-bond acceptors (Lipinski definition) is 6. The number of likely N-dealkylation sites (tertiary alicyclic amines) is 2. The van der Waals surface area contributed by atoms with Gasteiger partial charge < -0.3 is 5.32 Å². The molecule has 1 aliphatic carbocycles. The van der Waals surface area contributed by atoms with Crippen molar-refractivity contribution in [3.63, 3.8) is 0 Å². The minimum atomic E-state index is -0.503. The van der Waals surface area contributed by atoms with E-state index in [4.69, 9.17) is 0 Å². The highest BCUT2D eigenvalue weighted by molar-refractivity contribution is 6.08. The van der Waals surface area contributed by atoms with Crippen LogP contribution in [-0.4, -0.2) is 62.7 Å². The summed E-state index contributed by atoms with van der Waals surface area (Å²) in [4.78, 5) is 50.2. The number of fused-ring (bicyclic) bond motifs is 1. The number of pyridine rings is 2. The number of hydrogen-bond donors (Lipinski definition) is 1. The molecule has 31 heavy (non-hydrogen) atoms. The van der Waals surface area contributed by atoms with Crippen molar-refractivity contribution in [2.24, 2.45) is 5.92 Å². The maximum absolute atomic E-state index is 12.9. The van der Waals surface area contributed by atoms with E-state index >= 15 is 0 Å². The third-order valence-electron chi connectivity index (χ3n) is 6.31.